The topological polar surface area (TPSA) is 50.5 Å². The van der Waals surface area contributed by atoms with Gasteiger partial charge in [0.2, 0.25) is 0 Å². The zero-order valence-electron chi connectivity index (χ0n) is 14.2. The third-order valence-electron chi connectivity index (χ3n) is 4.69. The fraction of sp³-hybridized carbons (Fsp3) is 0.400. The molecule has 2 aromatic carbocycles. The Morgan fingerprint density at radius 2 is 1.75 bits per heavy atom. The summed E-state index contributed by atoms with van der Waals surface area (Å²) in [5.41, 5.74) is 3.73. The van der Waals surface area contributed by atoms with Crippen molar-refractivity contribution in [3.05, 3.63) is 65.7 Å². The molecule has 0 spiro atoms. The van der Waals surface area contributed by atoms with Crippen LogP contribution in [0.5, 0.6) is 0 Å². The van der Waals surface area contributed by atoms with E-state index in [0.717, 1.165) is 31.6 Å². The molecule has 2 aromatic rings. The van der Waals surface area contributed by atoms with Crippen molar-refractivity contribution in [3.63, 3.8) is 0 Å². The number of para-hydroxylation sites is 1. The van der Waals surface area contributed by atoms with Crippen molar-refractivity contribution in [1.82, 2.24) is 4.90 Å². The molecule has 4 heteroatoms. The minimum atomic E-state index is 0.477. The Hall–Kier alpha value is -1.88. The van der Waals surface area contributed by atoms with Gasteiger partial charge in [-0.1, -0.05) is 42.5 Å². The highest BCUT2D eigenvalue weighted by molar-refractivity contribution is 5.43. The van der Waals surface area contributed by atoms with Crippen molar-refractivity contribution in [2.75, 3.05) is 25.0 Å². The summed E-state index contributed by atoms with van der Waals surface area (Å²) < 4.78 is 0. The Morgan fingerprint density at radius 1 is 1.00 bits per heavy atom. The predicted octanol–water partition coefficient (Wildman–Crippen LogP) is 3.20. The molecule has 1 aliphatic rings. The molecule has 1 fully saturated rings. The fourth-order valence-electron chi connectivity index (χ4n) is 3.33. The van der Waals surface area contributed by atoms with Crippen molar-refractivity contribution in [2.45, 2.75) is 31.9 Å². The number of rotatable bonds is 7. The van der Waals surface area contributed by atoms with E-state index < -0.39 is 0 Å². The fourth-order valence-corrected chi connectivity index (χ4v) is 3.33. The number of nitrogens with two attached hydrogens (primary N) is 1. The van der Waals surface area contributed by atoms with Crippen LogP contribution in [-0.2, 0) is 17.9 Å². The van der Waals surface area contributed by atoms with Crippen LogP contribution in [0.15, 0.2) is 54.6 Å². The summed E-state index contributed by atoms with van der Waals surface area (Å²) in [5.74, 6) is 5.16. The zero-order chi connectivity index (χ0) is 16.6. The Kier molecular flexibility index (Phi) is 6.24. The van der Waals surface area contributed by atoms with Crippen LogP contribution in [0.2, 0.25) is 0 Å². The first-order valence-corrected chi connectivity index (χ1v) is 8.77. The molecule has 0 saturated carbocycles. The maximum absolute atomic E-state index is 5.16. The molecule has 0 aliphatic carbocycles. The van der Waals surface area contributed by atoms with Crippen molar-refractivity contribution in [1.29, 1.82) is 0 Å². The Bertz CT molecular complexity index is 609. The van der Waals surface area contributed by atoms with E-state index in [1.54, 1.807) is 0 Å². The number of likely N-dealkylation sites (tertiary alicyclic amines) is 1. The minimum Gasteiger partial charge on any atom is -0.382 e. The number of nitrogens with one attached hydrogen (secondary N) is 1. The van der Waals surface area contributed by atoms with Crippen LogP contribution in [0.25, 0.3) is 0 Å². The normalized spacial score (nSPS) is 16.2. The van der Waals surface area contributed by atoms with Crippen LogP contribution >= 0.6 is 0 Å². The Balaban J connectivity index is 1.41. The molecule has 24 heavy (non-hydrogen) atoms. The van der Waals surface area contributed by atoms with Crippen molar-refractivity contribution < 1.29 is 4.84 Å². The van der Waals surface area contributed by atoms with Gasteiger partial charge in [0.25, 0.3) is 0 Å². The standard InChI is InChI=1S/C20H27N3O/c21-24-16-18-6-4-5-17(15-18)9-12-23-13-10-20(11-14-23)22-19-7-2-1-3-8-19/h1-8,15,20,22H,9-14,16,21H2. The second-order valence-electron chi connectivity index (χ2n) is 6.51. The van der Waals surface area contributed by atoms with Gasteiger partial charge in [0.15, 0.2) is 0 Å². The SMILES string of the molecule is NOCc1cccc(CCN2CCC(Nc3ccccc3)CC2)c1. The maximum Gasteiger partial charge on any atom is 0.0930 e. The van der Waals surface area contributed by atoms with Gasteiger partial charge in [-0.05, 0) is 42.5 Å². The van der Waals surface area contributed by atoms with Crippen LogP contribution in [0.1, 0.15) is 24.0 Å². The van der Waals surface area contributed by atoms with E-state index in [9.17, 15) is 0 Å². The number of hydrogen-bond donors (Lipinski definition) is 2. The lowest BCUT2D eigenvalue weighted by Crippen LogP contribution is -2.40. The van der Waals surface area contributed by atoms with Gasteiger partial charge in [-0.2, -0.15) is 0 Å². The molecule has 128 valence electrons. The van der Waals surface area contributed by atoms with Crippen molar-refractivity contribution in [2.24, 2.45) is 5.90 Å². The third-order valence-corrected chi connectivity index (χ3v) is 4.69. The molecule has 0 unspecified atom stereocenters. The summed E-state index contributed by atoms with van der Waals surface area (Å²) in [7, 11) is 0. The minimum absolute atomic E-state index is 0.477. The summed E-state index contributed by atoms with van der Waals surface area (Å²) in [5, 5.41) is 3.64. The van der Waals surface area contributed by atoms with Gasteiger partial charge in [-0.25, -0.2) is 5.90 Å². The molecule has 0 aromatic heterocycles. The van der Waals surface area contributed by atoms with E-state index in [-0.39, 0.29) is 0 Å². The van der Waals surface area contributed by atoms with Gasteiger partial charge >= 0.3 is 0 Å². The second-order valence-corrected chi connectivity index (χ2v) is 6.51. The van der Waals surface area contributed by atoms with Gasteiger partial charge in [-0.15, -0.1) is 0 Å². The van der Waals surface area contributed by atoms with E-state index in [4.69, 9.17) is 10.7 Å². The molecule has 3 rings (SSSR count). The molecule has 0 amide bonds. The first-order valence-electron chi connectivity index (χ1n) is 8.77. The summed E-state index contributed by atoms with van der Waals surface area (Å²) in [6.07, 6.45) is 3.49. The van der Waals surface area contributed by atoms with Gasteiger partial charge in [-0.3, -0.25) is 4.84 Å². The summed E-state index contributed by atoms with van der Waals surface area (Å²) in [6, 6.07) is 19.6. The summed E-state index contributed by atoms with van der Waals surface area (Å²) in [6.45, 7) is 3.92. The molecular weight excluding hydrogens is 298 g/mol. The average Bonchev–Trinajstić information content (AvgIpc) is 2.63. The lowest BCUT2D eigenvalue weighted by Gasteiger charge is -2.32. The van der Waals surface area contributed by atoms with E-state index in [1.165, 1.54) is 24.1 Å². The second kappa shape index (κ2) is 8.83. The number of anilines is 1. The van der Waals surface area contributed by atoms with Gasteiger partial charge in [0.05, 0.1) is 6.61 Å². The largest absolute Gasteiger partial charge is 0.382 e. The lowest BCUT2D eigenvalue weighted by molar-refractivity contribution is 0.124. The number of nitrogens with zero attached hydrogens (tertiary/aromatic N) is 1. The molecule has 4 nitrogen and oxygen atoms in total. The molecule has 0 atom stereocenters. The van der Waals surface area contributed by atoms with E-state index in [0.29, 0.717) is 12.6 Å². The first-order chi connectivity index (χ1) is 11.8. The van der Waals surface area contributed by atoms with Crippen molar-refractivity contribution in [3.8, 4) is 0 Å². The highest BCUT2D eigenvalue weighted by Crippen LogP contribution is 2.17. The molecule has 1 aliphatic heterocycles. The van der Waals surface area contributed by atoms with Crippen LogP contribution < -0.4 is 11.2 Å². The molecular formula is C20H27N3O. The highest BCUT2D eigenvalue weighted by Gasteiger charge is 2.18. The summed E-state index contributed by atoms with van der Waals surface area (Å²) >= 11 is 0. The molecule has 0 bridgehead atoms. The Morgan fingerprint density at radius 3 is 2.50 bits per heavy atom. The van der Waals surface area contributed by atoms with Gasteiger partial charge < -0.3 is 10.2 Å². The van der Waals surface area contributed by atoms with Crippen molar-refractivity contribution >= 4 is 5.69 Å². The molecule has 1 heterocycles. The zero-order valence-corrected chi connectivity index (χ0v) is 14.2. The maximum atomic E-state index is 5.16. The van der Waals surface area contributed by atoms with Crippen LogP contribution in [-0.4, -0.2) is 30.6 Å². The quantitative estimate of drug-likeness (QED) is 0.768. The van der Waals surface area contributed by atoms with Crippen LogP contribution in [0.4, 0.5) is 5.69 Å². The molecule has 1 saturated heterocycles. The Labute approximate surface area is 144 Å². The number of hydrogen-bond acceptors (Lipinski definition) is 4. The monoisotopic (exact) mass is 325 g/mol. The van der Waals surface area contributed by atoms with Gasteiger partial charge in [0.1, 0.15) is 0 Å². The average molecular weight is 325 g/mol. The molecule has 0 radical (unpaired) electrons. The number of benzene rings is 2. The van der Waals surface area contributed by atoms with Gasteiger partial charge in [0, 0.05) is 31.4 Å². The van der Waals surface area contributed by atoms with Crippen LogP contribution in [0, 0.1) is 0 Å². The van der Waals surface area contributed by atoms with E-state index in [2.05, 4.69) is 64.8 Å². The first kappa shape index (κ1) is 17.0. The van der Waals surface area contributed by atoms with E-state index >= 15 is 0 Å². The van der Waals surface area contributed by atoms with Crippen LogP contribution in [0.3, 0.4) is 0 Å². The lowest BCUT2D eigenvalue weighted by atomic mass is 10.0. The molecule has 3 N–H and O–H groups in total. The number of piperidine rings is 1. The smallest absolute Gasteiger partial charge is 0.0930 e. The third kappa shape index (κ3) is 5.06. The van der Waals surface area contributed by atoms with E-state index in [1.807, 2.05) is 0 Å². The highest BCUT2D eigenvalue weighted by atomic mass is 16.6. The predicted molar refractivity (Wildman–Crippen MR) is 98.6 cm³/mol. The summed E-state index contributed by atoms with van der Waals surface area (Å²) in [4.78, 5) is 7.29.